The third-order valence-corrected chi connectivity index (χ3v) is 3.77. The minimum atomic E-state index is -0.722. The lowest BCUT2D eigenvalue weighted by molar-refractivity contribution is -0.122. The Bertz CT molecular complexity index is 733. The molecule has 0 saturated carbocycles. The Balaban J connectivity index is 2.09. The molecule has 25 heavy (non-hydrogen) atoms. The summed E-state index contributed by atoms with van der Waals surface area (Å²) in [6.07, 6.45) is -0.722. The van der Waals surface area contributed by atoms with Crippen LogP contribution in [0, 0.1) is 0 Å². The van der Waals surface area contributed by atoms with Crippen LogP contribution in [0.4, 0.5) is 5.69 Å². The number of carbonyl (C=O) groups is 1. The molecule has 0 unspecified atom stereocenters. The van der Waals surface area contributed by atoms with Crippen molar-refractivity contribution in [2.45, 2.75) is 13.0 Å². The summed E-state index contributed by atoms with van der Waals surface area (Å²) in [4.78, 5) is 12.4. The Kier molecular flexibility index (Phi) is 6.36. The predicted molar refractivity (Wildman–Crippen MR) is 96.3 cm³/mol. The minimum Gasteiger partial charge on any atom is -0.497 e. The van der Waals surface area contributed by atoms with E-state index in [1.807, 2.05) is 0 Å². The number of amides is 1. The number of halogens is 1. The summed E-state index contributed by atoms with van der Waals surface area (Å²) >= 11 is 6.06. The SMILES string of the molecule is COc1ccc(O[C@H](C)C(=O)Nc2cc(OC)c(Cl)cc2OC)cc1. The lowest BCUT2D eigenvalue weighted by Crippen LogP contribution is -2.30. The molecule has 1 atom stereocenters. The van der Waals surface area contributed by atoms with Crippen LogP contribution in [0.1, 0.15) is 6.92 Å². The highest BCUT2D eigenvalue weighted by atomic mass is 35.5. The summed E-state index contributed by atoms with van der Waals surface area (Å²) in [7, 11) is 4.57. The first-order valence-electron chi connectivity index (χ1n) is 7.51. The fourth-order valence-corrected chi connectivity index (χ4v) is 2.34. The van der Waals surface area contributed by atoms with Gasteiger partial charge in [-0.1, -0.05) is 11.6 Å². The molecular weight excluding hydrogens is 346 g/mol. The molecule has 0 radical (unpaired) electrons. The summed E-state index contributed by atoms with van der Waals surface area (Å²) < 4.78 is 21.1. The van der Waals surface area contributed by atoms with Crippen LogP contribution in [0.3, 0.4) is 0 Å². The zero-order valence-corrected chi connectivity index (χ0v) is 15.2. The number of carbonyl (C=O) groups excluding carboxylic acids is 1. The van der Waals surface area contributed by atoms with Crippen LogP contribution in [-0.2, 0) is 4.79 Å². The molecule has 0 aliphatic rings. The lowest BCUT2D eigenvalue weighted by atomic mass is 10.2. The summed E-state index contributed by atoms with van der Waals surface area (Å²) in [5.74, 6) is 1.79. The van der Waals surface area contributed by atoms with E-state index in [2.05, 4.69) is 5.32 Å². The zero-order chi connectivity index (χ0) is 18.4. The molecule has 0 heterocycles. The van der Waals surface area contributed by atoms with Crippen molar-refractivity contribution >= 4 is 23.2 Å². The number of anilines is 1. The second-order valence-corrected chi connectivity index (χ2v) is 5.52. The van der Waals surface area contributed by atoms with Gasteiger partial charge in [0.05, 0.1) is 32.0 Å². The Morgan fingerprint density at radius 1 is 0.960 bits per heavy atom. The van der Waals surface area contributed by atoms with Crippen LogP contribution in [0.5, 0.6) is 23.0 Å². The third-order valence-electron chi connectivity index (χ3n) is 3.47. The smallest absolute Gasteiger partial charge is 0.265 e. The lowest BCUT2D eigenvalue weighted by Gasteiger charge is -2.17. The van der Waals surface area contributed by atoms with E-state index >= 15 is 0 Å². The Labute approximate surface area is 151 Å². The maximum Gasteiger partial charge on any atom is 0.265 e. The van der Waals surface area contributed by atoms with E-state index in [1.165, 1.54) is 14.2 Å². The Morgan fingerprint density at radius 2 is 1.56 bits per heavy atom. The van der Waals surface area contributed by atoms with E-state index in [9.17, 15) is 4.79 Å². The molecule has 0 aliphatic carbocycles. The molecule has 1 N–H and O–H groups in total. The topological polar surface area (TPSA) is 66.0 Å². The van der Waals surface area contributed by atoms with E-state index < -0.39 is 6.10 Å². The molecular formula is C18H20ClNO5. The van der Waals surface area contributed by atoms with E-state index in [0.29, 0.717) is 33.7 Å². The highest BCUT2D eigenvalue weighted by molar-refractivity contribution is 6.32. The van der Waals surface area contributed by atoms with Gasteiger partial charge in [-0.2, -0.15) is 0 Å². The van der Waals surface area contributed by atoms with Gasteiger partial charge in [0.25, 0.3) is 5.91 Å². The number of methoxy groups -OCH3 is 3. The van der Waals surface area contributed by atoms with Gasteiger partial charge in [0.2, 0.25) is 0 Å². The highest BCUT2D eigenvalue weighted by Crippen LogP contribution is 2.36. The first-order valence-corrected chi connectivity index (χ1v) is 7.89. The van der Waals surface area contributed by atoms with Crippen molar-refractivity contribution in [1.82, 2.24) is 0 Å². The molecule has 2 rings (SSSR count). The van der Waals surface area contributed by atoms with E-state index in [0.717, 1.165) is 0 Å². The molecule has 0 bridgehead atoms. The van der Waals surface area contributed by atoms with Crippen molar-refractivity contribution in [2.75, 3.05) is 26.6 Å². The number of hydrogen-bond donors (Lipinski definition) is 1. The molecule has 2 aromatic carbocycles. The average Bonchev–Trinajstić information content (AvgIpc) is 2.63. The molecule has 2 aromatic rings. The molecule has 0 saturated heterocycles. The van der Waals surface area contributed by atoms with Crippen LogP contribution in [-0.4, -0.2) is 33.3 Å². The largest absolute Gasteiger partial charge is 0.497 e. The fraction of sp³-hybridized carbons (Fsp3) is 0.278. The van der Waals surface area contributed by atoms with Crippen molar-refractivity contribution in [3.8, 4) is 23.0 Å². The second kappa shape index (κ2) is 8.48. The quantitative estimate of drug-likeness (QED) is 0.809. The third kappa shape index (κ3) is 4.70. The molecule has 7 heteroatoms. The predicted octanol–water partition coefficient (Wildman–Crippen LogP) is 3.77. The number of ether oxygens (including phenoxy) is 4. The van der Waals surface area contributed by atoms with Gasteiger partial charge in [-0.05, 0) is 31.2 Å². The summed E-state index contributed by atoms with van der Waals surface area (Å²) in [5, 5.41) is 3.14. The molecule has 0 spiro atoms. The van der Waals surface area contributed by atoms with Crippen LogP contribution in [0.15, 0.2) is 36.4 Å². The first kappa shape index (κ1) is 18.7. The van der Waals surface area contributed by atoms with Gasteiger partial charge in [0, 0.05) is 12.1 Å². The summed E-state index contributed by atoms with van der Waals surface area (Å²) in [6.45, 7) is 1.65. The van der Waals surface area contributed by atoms with Gasteiger partial charge >= 0.3 is 0 Å². The fourth-order valence-electron chi connectivity index (χ4n) is 2.10. The maximum absolute atomic E-state index is 12.4. The van der Waals surface area contributed by atoms with Crippen LogP contribution >= 0.6 is 11.6 Å². The van der Waals surface area contributed by atoms with Gasteiger partial charge in [0.1, 0.15) is 23.0 Å². The van der Waals surface area contributed by atoms with Crippen molar-refractivity contribution in [3.05, 3.63) is 41.4 Å². The number of nitrogens with one attached hydrogen (secondary N) is 1. The van der Waals surface area contributed by atoms with E-state index in [1.54, 1.807) is 50.4 Å². The minimum absolute atomic E-state index is 0.335. The number of hydrogen-bond acceptors (Lipinski definition) is 5. The molecule has 0 fully saturated rings. The monoisotopic (exact) mass is 365 g/mol. The summed E-state index contributed by atoms with van der Waals surface area (Å²) in [5.41, 5.74) is 0.443. The van der Waals surface area contributed by atoms with Gasteiger partial charge in [-0.15, -0.1) is 0 Å². The molecule has 6 nitrogen and oxygen atoms in total. The van der Waals surface area contributed by atoms with E-state index in [-0.39, 0.29) is 5.91 Å². The molecule has 0 aromatic heterocycles. The Hall–Kier alpha value is -2.60. The first-order chi connectivity index (χ1) is 12.0. The normalized spacial score (nSPS) is 11.4. The van der Waals surface area contributed by atoms with Crippen molar-refractivity contribution in [1.29, 1.82) is 0 Å². The maximum atomic E-state index is 12.4. The van der Waals surface area contributed by atoms with Crippen LogP contribution < -0.4 is 24.3 Å². The molecule has 0 aliphatic heterocycles. The zero-order valence-electron chi connectivity index (χ0n) is 14.5. The molecule has 1 amide bonds. The van der Waals surface area contributed by atoms with Gasteiger partial charge in [-0.3, -0.25) is 4.79 Å². The van der Waals surface area contributed by atoms with Crippen LogP contribution in [0.2, 0.25) is 5.02 Å². The van der Waals surface area contributed by atoms with Crippen LogP contribution in [0.25, 0.3) is 0 Å². The Morgan fingerprint density at radius 3 is 2.12 bits per heavy atom. The second-order valence-electron chi connectivity index (χ2n) is 5.11. The van der Waals surface area contributed by atoms with Crippen molar-refractivity contribution in [2.24, 2.45) is 0 Å². The van der Waals surface area contributed by atoms with Gasteiger partial charge < -0.3 is 24.3 Å². The van der Waals surface area contributed by atoms with Gasteiger partial charge in [0.15, 0.2) is 6.10 Å². The standard InChI is InChI=1S/C18H20ClNO5/c1-11(25-13-7-5-12(22-2)6-8-13)18(21)20-15-10-16(23-3)14(19)9-17(15)24-4/h5-11H,1-4H3,(H,20,21)/t11-/m1/s1. The number of benzene rings is 2. The van der Waals surface area contributed by atoms with Crippen molar-refractivity contribution < 1.29 is 23.7 Å². The summed E-state index contributed by atoms with van der Waals surface area (Å²) in [6, 6.07) is 10.1. The number of rotatable bonds is 7. The highest BCUT2D eigenvalue weighted by Gasteiger charge is 2.18. The van der Waals surface area contributed by atoms with E-state index in [4.69, 9.17) is 30.5 Å². The van der Waals surface area contributed by atoms with Crippen molar-refractivity contribution in [3.63, 3.8) is 0 Å². The average molecular weight is 366 g/mol. The molecule has 134 valence electrons. The van der Waals surface area contributed by atoms with Gasteiger partial charge in [-0.25, -0.2) is 0 Å².